The van der Waals surface area contributed by atoms with Crippen LogP contribution in [0, 0.1) is 5.82 Å². The van der Waals surface area contributed by atoms with E-state index < -0.39 is 0 Å². The molecule has 1 aliphatic rings. The lowest BCUT2D eigenvalue weighted by Crippen LogP contribution is -2.27. The minimum atomic E-state index is -0.329. The van der Waals surface area contributed by atoms with Crippen LogP contribution in [0.2, 0.25) is 0 Å². The number of anilines is 1. The normalized spacial score (nSPS) is 16.4. The summed E-state index contributed by atoms with van der Waals surface area (Å²) in [7, 11) is 0. The summed E-state index contributed by atoms with van der Waals surface area (Å²) >= 11 is 6.57. The molecule has 1 aliphatic heterocycles. The van der Waals surface area contributed by atoms with Gasteiger partial charge in [-0.25, -0.2) is 4.39 Å². The van der Waals surface area contributed by atoms with Gasteiger partial charge in [0.25, 0.3) is 5.91 Å². The second-order valence-corrected chi connectivity index (χ2v) is 6.77. The SMILES string of the molecule is CCc1ccc(N2C(=O)C(=Cc3cccc(F)c3)SC2=S)cc1. The van der Waals surface area contributed by atoms with E-state index in [1.807, 2.05) is 24.3 Å². The van der Waals surface area contributed by atoms with Crippen molar-refractivity contribution >= 4 is 46.0 Å². The van der Waals surface area contributed by atoms with Gasteiger partial charge < -0.3 is 0 Å². The summed E-state index contributed by atoms with van der Waals surface area (Å²) in [4.78, 5) is 14.6. The predicted octanol–water partition coefficient (Wildman–Crippen LogP) is 4.79. The monoisotopic (exact) mass is 343 g/mol. The first-order valence-electron chi connectivity index (χ1n) is 7.21. The van der Waals surface area contributed by atoms with E-state index in [1.54, 1.807) is 18.2 Å². The van der Waals surface area contributed by atoms with E-state index in [0.29, 0.717) is 14.8 Å². The molecule has 1 heterocycles. The number of rotatable bonds is 3. The summed E-state index contributed by atoms with van der Waals surface area (Å²) in [5.41, 5.74) is 2.61. The van der Waals surface area contributed by atoms with Gasteiger partial charge in [0, 0.05) is 0 Å². The number of aryl methyl sites for hydroxylation is 1. The van der Waals surface area contributed by atoms with Crippen molar-refractivity contribution in [1.82, 2.24) is 0 Å². The fourth-order valence-corrected chi connectivity index (χ4v) is 3.62. The van der Waals surface area contributed by atoms with Crippen LogP contribution in [0.4, 0.5) is 10.1 Å². The lowest BCUT2D eigenvalue weighted by atomic mass is 10.1. The Balaban J connectivity index is 1.90. The number of thioether (sulfide) groups is 1. The van der Waals surface area contributed by atoms with Gasteiger partial charge in [-0.1, -0.05) is 55.2 Å². The molecule has 0 aromatic heterocycles. The van der Waals surface area contributed by atoms with Crippen LogP contribution in [0.15, 0.2) is 53.4 Å². The maximum atomic E-state index is 13.3. The predicted molar refractivity (Wildman–Crippen MR) is 97.9 cm³/mol. The van der Waals surface area contributed by atoms with Crippen LogP contribution in [0.3, 0.4) is 0 Å². The van der Waals surface area contributed by atoms with E-state index in [4.69, 9.17) is 12.2 Å². The third kappa shape index (κ3) is 3.35. The minimum absolute atomic E-state index is 0.173. The molecule has 0 bridgehead atoms. The maximum Gasteiger partial charge on any atom is 0.270 e. The Morgan fingerprint density at radius 2 is 1.96 bits per heavy atom. The first-order chi connectivity index (χ1) is 11.1. The molecule has 0 spiro atoms. The second kappa shape index (κ2) is 6.64. The van der Waals surface area contributed by atoms with Gasteiger partial charge in [0.2, 0.25) is 0 Å². The maximum absolute atomic E-state index is 13.3. The lowest BCUT2D eigenvalue weighted by molar-refractivity contribution is -0.113. The van der Waals surface area contributed by atoms with Gasteiger partial charge in [0.1, 0.15) is 5.82 Å². The van der Waals surface area contributed by atoms with Gasteiger partial charge in [-0.05, 0) is 47.9 Å². The van der Waals surface area contributed by atoms with Crippen LogP contribution in [-0.4, -0.2) is 10.2 Å². The first-order valence-corrected chi connectivity index (χ1v) is 8.43. The Kier molecular flexibility index (Phi) is 4.59. The Bertz CT molecular complexity index is 799. The van der Waals surface area contributed by atoms with Gasteiger partial charge in [0.15, 0.2) is 4.32 Å². The number of halogens is 1. The summed E-state index contributed by atoms with van der Waals surface area (Å²) < 4.78 is 13.8. The topological polar surface area (TPSA) is 20.3 Å². The highest BCUT2D eigenvalue weighted by Crippen LogP contribution is 2.36. The summed E-state index contributed by atoms with van der Waals surface area (Å²) in [5.74, 6) is -0.502. The molecular weight excluding hydrogens is 329 g/mol. The number of carbonyl (C=O) groups is 1. The van der Waals surface area contributed by atoms with E-state index in [0.717, 1.165) is 12.1 Å². The molecule has 0 atom stereocenters. The summed E-state index contributed by atoms with van der Waals surface area (Å²) in [6.07, 6.45) is 2.61. The fourth-order valence-electron chi connectivity index (χ4n) is 2.32. The Morgan fingerprint density at radius 3 is 2.61 bits per heavy atom. The molecule has 1 saturated heterocycles. The fraction of sp³-hybridized carbons (Fsp3) is 0.111. The van der Waals surface area contributed by atoms with Crippen LogP contribution < -0.4 is 4.90 Å². The lowest BCUT2D eigenvalue weighted by Gasteiger charge is -2.14. The van der Waals surface area contributed by atoms with Crippen molar-refractivity contribution in [3.63, 3.8) is 0 Å². The number of hydrogen-bond acceptors (Lipinski definition) is 3. The molecule has 2 aromatic carbocycles. The average molecular weight is 343 g/mol. The molecule has 3 rings (SSSR count). The molecule has 116 valence electrons. The van der Waals surface area contributed by atoms with E-state index in [1.165, 1.54) is 34.4 Å². The smallest absolute Gasteiger partial charge is 0.268 e. The summed E-state index contributed by atoms with van der Waals surface area (Å²) in [6, 6.07) is 13.9. The van der Waals surface area contributed by atoms with Crippen molar-refractivity contribution in [2.75, 3.05) is 4.90 Å². The minimum Gasteiger partial charge on any atom is -0.268 e. The molecule has 2 aromatic rings. The highest BCUT2D eigenvalue weighted by Gasteiger charge is 2.33. The Hall–Kier alpha value is -1.98. The highest BCUT2D eigenvalue weighted by atomic mass is 32.2. The van der Waals surface area contributed by atoms with Crippen LogP contribution in [0.5, 0.6) is 0 Å². The van der Waals surface area contributed by atoms with E-state index >= 15 is 0 Å². The van der Waals surface area contributed by atoms with E-state index in [9.17, 15) is 9.18 Å². The van der Waals surface area contributed by atoms with Crippen LogP contribution >= 0.6 is 24.0 Å². The number of benzene rings is 2. The standard InChI is InChI=1S/C18H14FNOS2/c1-2-12-6-8-15(9-7-12)20-17(21)16(23-18(20)22)11-13-4-3-5-14(19)10-13/h3-11H,2H2,1H3. The first kappa shape index (κ1) is 15.9. The Labute approximate surface area is 144 Å². The van der Waals surface area contributed by atoms with Gasteiger partial charge in [-0.3, -0.25) is 9.69 Å². The number of amides is 1. The number of nitrogens with zero attached hydrogens (tertiary/aromatic N) is 1. The second-order valence-electron chi connectivity index (χ2n) is 5.09. The number of hydrogen-bond donors (Lipinski definition) is 0. The quantitative estimate of drug-likeness (QED) is 0.590. The van der Waals surface area contributed by atoms with Gasteiger partial charge >= 0.3 is 0 Å². The highest BCUT2D eigenvalue weighted by molar-refractivity contribution is 8.27. The summed E-state index contributed by atoms with van der Waals surface area (Å²) in [5, 5.41) is 0. The van der Waals surface area contributed by atoms with Gasteiger partial charge in [-0.2, -0.15) is 0 Å². The van der Waals surface area contributed by atoms with Crippen molar-refractivity contribution in [2.24, 2.45) is 0 Å². The number of carbonyl (C=O) groups excluding carboxylic acids is 1. The van der Waals surface area contributed by atoms with E-state index in [2.05, 4.69) is 6.92 Å². The third-order valence-electron chi connectivity index (χ3n) is 3.54. The van der Waals surface area contributed by atoms with E-state index in [-0.39, 0.29) is 11.7 Å². The third-order valence-corrected chi connectivity index (χ3v) is 4.85. The van der Waals surface area contributed by atoms with Crippen molar-refractivity contribution in [3.05, 3.63) is 70.4 Å². The zero-order valence-electron chi connectivity index (χ0n) is 12.5. The molecule has 0 saturated carbocycles. The molecule has 23 heavy (non-hydrogen) atoms. The van der Waals surface area contributed by atoms with Crippen molar-refractivity contribution in [2.45, 2.75) is 13.3 Å². The van der Waals surface area contributed by atoms with Crippen molar-refractivity contribution in [3.8, 4) is 0 Å². The zero-order chi connectivity index (χ0) is 16.4. The van der Waals surface area contributed by atoms with Crippen LogP contribution in [-0.2, 0) is 11.2 Å². The molecule has 0 N–H and O–H groups in total. The largest absolute Gasteiger partial charge is 0.270 e. The van der Waals surface area contributed by atoms with Gasteiger partial charge in [-0.15, -0.1) is 0 Å². The molecule has 0 radical (unpaired) electrons. The molecule has 0 aliphatic carbocycles. The molecular formula is C18H14FNOS2. The number of thiocarbonyl (C=S) groups is 1. The van der Waals surface area contributed by atoms with Crippen molar-refractivity contribution in [1.29, 1.82) is 0 Å². The molecule has 1 fully saturated rings. The average Bonchev–Trinajstić information content (AvgIpc) is 2.81. The Morgan fingerprint density at radius 1 is 1.22 bits per heavy atom. The zero-order valence-corrected chi connectivity index (χ0v) is 14.1. The van der Waals surface area contributed by atoms with Crippen molar-refractivity contribution < 1.29 is 9.18 Å². The molecule has 2 nitrogen and oxygen atoms in total. The van der Waals surface area contributed by atoms with Gasteiger partial charge in [0.05, 0.1) is 10.6 Å². The van der Waals surface area contributed by atoms with Crippen LogP contribution in [0.25, 0.3) is 6.08 Å². The summed E-state index contributed by atoms with van der Waals surface area (Å²) in [6.45, 7) is 2.08. The molecule has 0 unspecified atom stereocenters. The molecule has 1 amide bonds. The molecule has 5 heteroatoms. The van der Waals surface area contributed by atoms with Crippen LogP contribution in [0.1, 0.15) is 18.1 Å².